The molecule has 0 N–H and O–H groups in total. The zero-order chi connectivity index (χ0) is 13.8. The fraction of sp³-hybridized carbons (Fsp3) is 0.867. The molecule has 18 heavy (non-hydrogen) atoms. The lowest BCUT2D eigenvalue weighted by molar-refractivity contribution is -0.136. The molecule has 0 atom stereocenters. The van der Waals surface area contributed by atoms with Crippen molar-refractivity contribution in [3.63, 3.8) is 0 Å². The van der Waals surface area contributed by atoms with Gasteiger partial charge in [0, 0.05) is 19.0 Å². The number of hydrogen-bond donors (Lipinski definition) is 0. The lowest BCUT2D eigenvalue weighted by atomic mass is 9.68. The van der Waals surface area contributed by atoms with Crippen LogP contribution in [-0.2, 0) is 4.79 Å². The van der Waals surface area contributed by atoms with Gasteiger partial charge in [-0.05, 0) is 31.6 Å². The van der Waals surface area contributed by atoms with E-state index in [-0.39, 0.29) is 17.2 Å². The summed E-state index contributed by atoms with van der Waals surface area (Å²) in [7, 11) is 0. The fourth-order valence-electron chi connectivity index (χ4n) is 3.09. The summed E-state index contributed by atoms with van der Waals surface area (Å²) < 4.78 is 0. The van der Waals surface area contributed by atoms with Gasteiger partial charge in [0.05, 0.1) is 11.5 Å². The molecule has 0 aliphatic carbocycles. The molecule has 0 spiro atoms. The van der Waals surface area contributed by atoms with E-state index in [9.17, 15) is 10.1 Å². The number of hydrogen-bond acceptors (Lipinski definition) is 2. The topological polar surface area (TPSA) is 44.1 Å². The molecular formula is C15H26N2O. The molecule has 0 aromatic rings. The van der Waals surface area contributed by atoms with Crippen molar-refractivity contribution in [2.24, 2.45) is 17.3 Å². The van der Waals surface area contributed by atoms with Crippen LogP contribution in [0.1, 0.15) is 53.4 Å². The van der Waals surface area contributed by atoms with Crippen LogP contribution in [0.4, 0.5) is 0 Å². The van der Waals surface area contributed by atoms with Crippen molar-refractivity contribution >= 4 is 5.91 Å². The number of rotatable bonds is 4. The van der Waals surface area contributed by atoms with Crippen molar-refractivity contribution < 1.29 is 4.79 Å². The van der Waals surface area contributed by atoms with Gasteiger partial charge < -0.3 is 4.90 Å². The normalized spacial score (nSPS) is 17.9. The Hall–Kier alpha value is -1.04. The Morgan fingerprint density at radius 1 is 1.33 bits per heavy atom. The lowest BCUT2D eigenvalue weighted by Gasteiger charge is -2.40. The van der Waals surface area contributed by atoms with E-state index in [0.29, 0.717) is 5.92 Å². The summed E-state index contributed by atoms with van der Waals surface area (Å²) >= 11 is 0. The van der Waals surface area contributed by atoms with Crippen LogP contribution in [0.3, 0.4) is 0 Å². The van der Waals surface area contributed by atoms with Gasteiger partial charge in [0.15, 0.2) is 0 Å². The van der Waals surface area contributed by atoms with E-state index < -0.39 is 0 Å². The van der Waals surface area contributed by atoms with E-state index in [0.717, 1.165) is 38.8 Å². The van der Waals surface area contributed by atoms with Crippen molar-refractivity contribution in [3.05, 3.63) is 0 Å². The molecule has 3 nitrogen and oxygen atoms in total. The Morgan fingerprint density at radius 2 is 1.83 bits per heavy atom. The largest absolute Gasteiger partial charge is 0.342 e. The maximum absolute atomic E-state index is 11.9. The molecule has 0 bridgehead atoms. The van der Waals surface area contributed by atoms with E-state index >= 15 is 0 Å². The van der Waals surface area contributed by atoms with E-state index in [1.54, 1.807) is 0 Å². The van der Waals surface area contributed by atoms with E-state index in [1.165, 1.54) is 0 Å². The number of likely N-dealkylation sites (tertiary alicyclic amines) is 1. The third-order valence-electron chi connectivity index (χ3n) is 4.57. The predicted octanol–water partition coefficient (Wildman–Crippen LogP) is 3.21. The van der Waals surface area contributed by atoms with Crippen molar-refractivity contribution in [1.82, 2.24) is 4.90 Å². The zero-order valence-corrected chi connectivity index (χ0v) is 12.2. The average Bonchev–Trinajstić information content (AvgIpc) is 2.41. The fourth-order valence-corrected chi connectivity index (χ4v) is 3.09. The van der Waals surface area contributed by atoms with E-state index in [4.69, 9.17) is 0 Å². The summed E-state index contributed by atoms with van der Waals surface area (Å²) in [6.07, 6.45) is 3.80. The maximum atomic E-state index is 11.9. The van der Waals surface area contributed by atoms with Gasteiger partial charge >= 0.3 is 0 Å². The molecule has 0 unspecified atom stereocenters. The number of nitriles is 1. The van der Waals surface area contributed by atoms with Crippen LogP contribution in [0.15, 0.2) is 0 Å². The minimum Gasteiger partial charge on any atom is -0.342 e. The molecule has 1 heterocycles. The highest BCUT2D eigenvalue weighted by molar-refractivity contribution is 5.78. The summed E-state index contributed by atoms with van der Waals surface area (Å²) in [5, 5.41) is 9.46. The second kappa shape index (κ2) is 6.22. The molecule has 3 heteroatoms. The summed E-state index contributed by atoms with van der Waals surface area (Å²) in [4.78, 5) is 13.9. The van der Waals surface area contributed by atoms with Crippen molar-refractivity contribution in [2.75, 3.05) is 13.1 Å². The second-order valence-corrected chi connectivity index (χ2v) is 5.73. The molecule has 1 rings (SSSR count). The number of carbonyl (C=O) groups excluding carboxylic acids is 1. The Labute approximate surface area is 111 Å². The highest BCUT2D eigenvalue weighted by atomic mass is 16.2. The number of nitrogens with zero attached hydrogens (tertiary/aromatic N) is 2. The standard InChI is InChI=1S/C15H26N2O/c1-5-15(6-2,11-16)13-7-9-17(10-8-13)14(18)12(3)4/h12-13H,5-10H2,1-4H3. The molecule has 0 radical (unpaired) electrons. The summed E-state index contributed by atoms with van der Waals surface area (Å²) in [6, 6.07) is 2.55. The summed E-state index contributed by atoms with van der Waals surface area (Å²) in [6.45, 7) is 9.77. The summed E-state index contributed by atoms with van der Waals surface area (Å²) in [5.74, 6) is 0.789. The Kier molecular flexibility index (Phi) is 5.19. The molecule has 0 aromatic carbocycles. The van der Waals surface area contributed by atoms with Crippen molar-refractivity contribution in [3.8, 4) is 6.07 Å². The Morgan fingerprint density at radius 3 is 2.17 bits per heavy atom. The Balaban J connectivity index is 2.64. The maximum Gasteiger partial charge on any atom is 0.225 e. The smallest absolute Gasteiger partial charge is 0.225 e. The van der Waals surface area contributed by atoms with Gasteiger partial charge in [0.25, 0.3) is 0 Å². The molecule has 1 saturated heterocycles. The highest BCUT2D eigenvalue weighted by Crippen LogP contribution is 2.40. The lowest BCUT2D eigenvalue weighted by Crippen LogP contribution is -2.44. The van der Waals surface area contributed by atoms with Crippen LogP contribution in [0.25, 0.3) is 0 Å². The molecule has 1 aliphatic rings. The molecule has 0 aromatic heterocycles. The molecule has 102 valence electrons. The first kappa shape index (κ1) is 15.0. The molecule has 1 fully saturated rings. The van der Waals surface area contributed by atoms with Gasteiger partial charge in [-0.15, -0.1) is 0 Å². The highest BCUT2D eigenvalue weighted by Gasteiger charge is 2.38. The number of piperidine rings is 1. The second-order valence-electron chi connectivity index (χ2n) is 5.73. The van der Waals surface area contributed by atoms with Gasteiger partial charge in [-0.3, -0.25) is 4.79 Å². The van der Waals surface area contributed by atoms with Gasteiger partial charge in [-0.1, -0.05) is 27.7 Å². The van der Waals surface area contributed by atoms with Crippen LogP contribution < -0.4 is 0 Å². The van der Waals surface area contributed by atoms with Crippen molar-refractivity contribution in [2.45, 2.75) is 53.4 Å². The van der Waals surface area contributed by atoms with Gasteiger partial charge in [-0.2, -0.15) is 5.26 Å². The first-order chi connectivity index (χ1) is 8.50. The molecular weight excluding hydrogens is 224 g/mol. The third kappa shape index (κ3) is 2.85. The first-order valence-corrected chi connectivity index (χ1v) is 7.20. The average molecular weight is 250 g/mol. The van der Waals surface area contributed by atoms with Gasteiger partial charge in [0.1, 0.15) is 0 Å². The first-order valence-electron chi connectivity index (χ1n) is 7.20. The van der Waals surface area contributed by atoms with Gasteiger partial charge in [0.2, 0.25) is 5.91 Å². The zero-order valence-electron chi connectivity index (χ0n) is 12.2. The monoisotopic (exact) mass is 250 g/mol. The predicted molar refractivity (Wildman–Crippen MR) is 72.8 cm³/mol. The summed E-state index contributed by atoms with van der Waals surface area (Å²) in [5.41, 5.74) is -0.174. The van der Waals surface area contributed by atoms with Crippen LogP contribution in [0, 0.1) is 28.6 Å². The van der Waals surface area contributed by atoms with Crippen LogP contribution in [0.5, 0.6) is 0 Å². The molecule has 1 amide bonds. The van der Waals surface area contributed by atoms with E-state index in [2.05, 4.69) is 19.9 Å². The minimum absolute atomic E-state index is 0.0830. The van der Waals surface area contributed by atoms with Gasteiger partial charge in [-0.25, -0.2) is 0 Å². The van der Waals surface area contributed by atoms with E-state index in [1.807, 2.05) is 18.7 Å². The van der Waals surface area contributed by atoms with Crippen LogP contribution in [-0.4, -0.2) is 23.9 Å². The van der Waals surface area contributed by atoms with Crippen LogP contribution >= 0.6 is 0 Å². The van der Waals surface area contributed by atoms with Crippen LogP contribution in [0.2, 0.25) is 0 Å². The van der Waals surface area contributed by atoms with Crippen molar-refractivity contribution in [1.29, 1.82) is 5.26 Å². The Bertz CT molecular complexity index is 318. The quantitative estimate of drug-likeness (QED) is 0.769. The SMILES string of the molecule is CCC(C#N)(CC)C1CCN(C(=O)C(C)C)CC1. The molecule has 1 aliphatic heterocycles. The minimum atomic E-state index is -0.174. The number of amides is 1. The third-order valence-corrected chi connectivity index (χ3v) is 4.57. The molecule has 0 saturated carbocycles. The number of carbonyl (C=O) groups is 1.